The molecule has 0 radical (unpaired) electrons. The van der Waals surface area contributed by atoms with Gasteiger partial charge >= 0.3 is 0 Å². The molecule has 0 saturated carbocycles. The Labute approximate surface area is 307 Å². The first kappa shape index (κ1) is 35.3. The molecule has 52 heavy (non-hydrogen) atoms. The number of fused-ring (bicyclic) bond motifs is 1. The molecule has 2 atom stereocenters. The molecule has 2 aliphatic rings. The van der Waals surface area contributed by atoms with E-state index in [0.717, 1.165) is 51.8 Å². The van der Waals surface area contributed by atoms with Crippen molar-refractivity contribution < 1.29 is 14.3 Å². The average Bonchev–Trinajstić information content (AvgIpc) is 3.77. The van der Waals surface area contributed by atoms with Crippen LogP contribution in [0.5, 0.6) is 5.88 Å². The molecule has 11 nitrogen and oxygen atoms in total. The zero-order valence-corrected chi connectivity index (χ0v) is 30.1. The number of benzene rings is 2. The Morgan fingerprint density at radius 2 is 1.50 bits per heavy atom. The van der Waals surface area contributed by atoms with Crippen molar-refractivity contribution in [1.82, 2.24) is 35.6 Å². The highest BCUT2D eigenvalue weighted by Crippen LogP contribution is 2.40. The molecule has 268 valence electrons. The number of pyridine rings is 2. The Balaban J connectivity index is 1.11. The van der Waals surface area contributed by atoms with Crippen molar-refractivity contribution in [3.8, 4) is 39.4 Å². The van der Waals surface area contributed by atoms with Crippen LogP contribution in [-0.4, -0.2) is 58.0 Å². The number of carbonyl (C=O) groups excluding carboxylic acids is 2. The van der Waals surface area contributed by atoms with Gasteiger partial charge < -0.3 is 26.0 Å². The fraction of sp³-hybridized carbons (Fsp3) is 0.325. The smallest absolute Gasteiger partial charge is 0.262 e. The minimum Gasteiger partial charge on any atom is -0.478 e. The quantitative estimate of drug-likeness (QED) is 0.131. The van der Waals surface area contributed by atoms with E-state index in [4.69, 9.17) is 21.3 Å². The van der Waals surface area contributed by atoms with Crippen LogP contribution in [0.15, 0.2) is 77.9 Å². The number of amides is 2. The Hall–Kier alpha value is -5.10. The van der Waals surface area contributed by atoms with Gasteiger partial charge in [0.1, 0.15) is 5.65 Å². The molecule has 4 N–H and O–H groups in total. The van der Waals surface area contributed by atoms with Crippen LogP contribution < -0.4 is 31.6 Å². The van der Waals surface area contributed by atoms with Crippen molar-refractivity contribution in [2.24, 2.45) is 0 Å². The third kappa shape index (κ3) is 7.57. The summed E-state index contributed by atoms with van der Waals surface area (Å²) < 4.78 is 7.52. The Morgan fingerprint density at radius 1 is 0.846 bits per heavy atom. The molecule has 2 fully saturated rings. The Bertz CT molecular complexity index is 2200. The molecule has 0 bridgehead atoms. The highest BCUT2D eigenvalue weighted by Gasteiger charge is 2.22. The number of aromatic nitrogens is 3. The van der Waals surface area contributed by atoms with Crippen LogP contribution in [0.4, 0.5) is 0 Å². The van der Waals surface area contributed by atoms with Gasteiger partial charge in [-0.15, -0.1) is 0 Å². The number of rotatable bonds is 13. The molecule has 2 saturated heterocycles. The zero-order valence-electron chi connectivity index (χ0n) is 29.3. The highest BCUT2D eigenvalue weighted by atomic mass is 35.5. The molecule has 3 aromatic heterocycles. The molecule has 0 unspecified atom stereocenters. The van der Waals surface area contributed by atoms with Crippen molar-refractivity contribution in [3.63, 3.8) is 0 Å². The molecule has 0 spiro atoms. The van der Waals surface area contributed by atoms with Crippen LogP contribution in [0, 0.1) is 6.92 Å². The van der Waals surface area contributed by atoms with Gasteiger partial charge in [0.15, 0.2) is 0 Å². The fourth-order valence-electron chi connectivity index (χ4n) is 7.02. The molecule has 2 aliphatic heterocycles. The molecule has 2 aromatic carbocycles. The lowest BCUT2D eigenvalue weighted by atomic mass is 9.92. The van der Waals surface area contributed by atoms with E-state index in [1.807, 2.05) is 55.5 Å². The number of hydrogen-bond donors (Lipinski definition) is 4. The monoisotopic (exact) mass is 719 g/mol. The van der Waals surface area contributed by atoms with Gasteiger partial charge in [-0.25, -0.2) is 9.97 Å². The lowest BCUT2D eigenvalue weighted by Crippen LogP contribution is -2.36. The van der Waals surface area contributed by atoms with E-state index in [9.17, 15) is 14.4 Å². The first-order valence-electron chi connectivity index (χ1n) is 17.8. The maximum absolute atomic E-state index is 13.3. The van der Waals surface area contributed by atoms with Gasteiger partial charge in [0.2, 0.25) is 17.7 Å². The highest BCUT2D eigenvalue weighted by molar-refractivity contribution is 6.36. The van der Waals surface area contributed by atoms with Crippen LogP contribution in [0.3, 0.4) is 0 Å². The molecule has 12 heteroatoms. The van der Waals surface area contributed by atoms with E-state index in [2.05, 4.69) is 45.3 Å². The van der Waals surface area contributed by atoms with Crippen LogP contribution in [0.25, 0.3) is 39.2 Å². The molecule has 5 heterocycles. The van der Waals surface area contributed by atoms with Gasteiger partial charge in [0.25, 0.3) is 5.56 Å². The molecular weight excluding hydrogens is 678 g/mol. The van der Waals surface area contributed by atoms with Crippen LogP contribution in [0.2, 0.25) is 5.02 Å². The van der Waals surface area contributed by atoms with E-state index in [1.165, 1.54) is 0 Å². The Morgan fingerprint density at radius 3 is 2.17 bits per heavy atom. The second-order valence-corrected chi connectivity index (χ2v) is 13.7. The predicted octanol–water partition coefficient (Wildman–Crippen LogP) is 5.19. The first-order valence-corrected chi connectivity index (χ1v) is 18.2. The number of carbonyl (C=O) groups is 2. The van der Waals surface area contributed by atoms with Crippen LogP contribution in [-0.2, 0) is 22.7 Å². The third-order valence-corrected chi connectivity index (χ3v) is 10.2. The van der Waals surface area contributed by atoms with Crippen LogP contribution >= 0.6 is 11.6 Å². The van der Waals surface area contributed by atoms with Gasteiger partial charge in [-0.1, -0.05) is 54.1 Å². The maximum atomic E-state index is 13.3. The summed E-state index contributed by atoms with van der Waals surface area (Å²) in [6.45, 7) is 6.70. The van der Waals surface area contributed by atoms with E-state index in [0.29, 0.717) is 73.4 Å². The van der Waals surface area contributed by atoms with Crippen molar-refractivity contribution in [2.75, 3.05) is 19.7 Å². The molecule has 2 amide bonds. The van der Waals surface area contributed by atoms with Gasteiger partial charge in [-0.2, -0.15) is 0 Å². The normalized spacial score (nSPS) is 17.1. The van der Waals surface area contributed by atoms with Crippen molar-refractivity contribution >= 4 is 29.1 Å². The average molecular weight is 720 g/mol. The number of nitrogens with one attached hydrogen (secondary N) is 4. The molecule has 0 aliphatic carbocycles. The lowest BCUT2D eigenvalue weighted by Gasteiger charge is -2.17. The number of halogens is 1. The first-order chi connectivity index (χ1) is 25.3. The minimum absolute atomic E-state index is 0.0705. The second-order valence-electron chi connectivity index (χ2n) is 13.3. The molecule has 5 aromatic rings. The summed E-state index contributed by atoms with van der Waals surface area (Å²) in [7, 11) is 0. The lowest BCUT2D eigenvalue weighted by molar-refractivity contribution is -0.120. The minimum atomic E-state index is -0.127. The second kappa shape index (κ2) is 15.6. The number of hydrogen-bond acceptors (Lipinski definition) is 8. The topological polar surface area (TPSA) is 139 Å². The molecule has 7 rings (SSSR count). The van der Waals surface area contributed by atoms with Gasteiger partial charge in [-0.3, -0.25) is 18.8 Å². The van der Waals surface area contributed by atoms with E-state index in [-0.39, 0.29) is 29.5 Å². The molecular formula is C40H42ClN7O4. The van der Waals surface area contributed by atoms with Crippen molar-refractivity contribution in [3.05, 3.63) is 105 Å². The summed E-state index contributed by atoms with van der Waals surface area (Å²) in [4.78, 5) is 45.9. The summed E-state index contributed by atoms with van der Waals surface area (Å²) in [5.41, 5.74) is 8.27. The third-order valence-electron chi connectivity index (χ3n) is 9.79. The predicted molar refractivity (Wildman–Crippen MR) is 202 cm³/mol. The fourth-order valence-corrected chi connectivity index (χ4v) is 7.34. The Kier molecular flexibility index (Phi) is 10.6. The summed E-state index contributed by atoms with van der Waals surface area (Å²) in [6, 6.07) is 20.2. The summed E-state index contributed by atoms with van der Waals surface area (Å²) >= 11 is 7.18. The maximum Gasteiger partial charge on any atom is 0.262 e. The summed E-state index contributed by atoms with van der Waals surface area (Å²) in [6.07, 6.45) is 6.15. The number of ether oxygens (including phenoxy) is 1. The van der Waals surface area contributed by atoms with Crippen molar-refractivity contribution in [1.29, 1.82) is 0 Å². The SMILES string of the molecule is CCOc1nc(-c2cccc(-c3cccc(-c4ccn5c(=O)c(CNC[C@H]6CCC(=O)N6)cnc5c4)c3C)c2Cl)ccc1CNC[C@@H]1CCC(=O)N1. The van der Waals surface area contributed by atoms with E-state index >= 15 is 0 Å². The van der Waals surface area contributed by atoms with E-state index in [1.54, 1.807) is 16.8 Å². The summed E-state index contributed by atoms with van der Waals surface area (Å²) in [5.74, 6) is 0.723. The van der Waals surface area contributed by atoms with Gasteiger partial charge in [0.05, 0.1) is 17.3 Å². The summed E-state index contributed by atoms with van der Waals surface area (Å²) in [5, 5.41) is 13.2. The van der Waals surface area contributed by atoms with E-state index < -0.39 is 0 Å². The van der Waals surface area contributed by atoms with Gasteiger partial charge in [0, 0.05) is 85.8 Å². The van der Waals surface area contributed by atoms with Gasteiger partial charge in [-0.05, 0) is 67.1 Å². The standard InChI is InChI=1S/C40H42ClN7O4/c1-3-52-39-26(19-42-22-28-11-14-36(49)45-28)10-13-34(47-39)33-9-5-8-32(38(33)41)31-7-4-6-30(24(31)2)25-16-17-48-35(18-25)44-21-27(40(48)51)20-43-23-29-12-15-37(50)46-29/h4-10,13,16-18,21,28-29,42-43H,3,11-12,14-15,19-20,22-23H2,1-2H3,(H,45,49)(H,46,50)/t28-,29+/m0/s1. The van der Waals surface area contributed by atoms with Crippen molar-refractivity contribution in [2.45, 2.75) is 64.7 Å². The largest absolute Gasteiger partial charge is 0.478 e. The van der Waals surface area contributed by atoms with Crippen LogP contribution in [0.1, 0.15) is 49.3 Å². The number of nitrogens with zero attached hydrogens (tertiary/aromatic N) is 3. The zero-order chi connectivity index (χ0) is 36.2.